The Morgan fingerprint density at radius 3 is 2.64 bits per heavy atom. The van der Waals surface area contributed by atoms with Gasteiger partial charge in [0.2, 0.25) is 0 Å². The van der Waals surface area contributed by atoms with E-state index in [1.54, 1.807) is 11.8 Å². The first kappa shape index (κ1) is 15.8. The Morgan fingerprint density at radius 2 is 2.05 bits per heavy atom. The van der Waals surface area contributed by atoms with Crippen molar-refractivity contribution in [3.63, 3.8) is 0 Å². The van der Waals surface area contributed by atoms with Crippen LogP contribution in [0.5, 0.6) is 0 Å². The van der Waals surface area contributed by atoms with Crippen LogP contribution in [0.25, 0.3) is 0 Å². The van der Waals surface area contributed by atoms with Crippen LogP contribution in [0.15, 0.2) is 24.3 Å². The minimum absolute atomic E-state index is 0.104. The molecule has 3 nitrogen and oxygen atoms in total. The third-order valence-electron chi connectivity index (χ3n) is 4.43. The molecule has 1 N–H and O–H groups in total. The van der Waals surface area contributed by atoms with Gasteiger partial charge >= 0.3 is 0 Å². The number of thioether (sulfide) groups is 1. The van der Waals surface area contributed by atoms with Gasteiger partial charge < -0.3 is 5.32 Å². The van der Waals surface area contributed by atoms with E-state index in [0.717, 1.165) is 12.2 Å². The van der Waals surface area contributed by atoms with Gasteiger partial charge in [0.15, 0.2) is 5.11 Å². The molecule has 1 aromatic carbocycles. The average molecular weight is 335 g/mol. The molecule has 1 saturated heterocycles. The first-order valence-corrected chi connectivity index (χ1v) is 9.61. The van der Waals surface area contributed by atoms with Gasteiger partial charge in [0.25, 0.3) is 5.91 Å². The van der Waals surface area contributed by atoms with Crippen molar-refractivity contribution in [2.45, 2.75) is 38.3 Å². The third-order valence-corrected chi connectivity index (χ3v) is 5.39. The maximum atomic E-state index is 12.8. The van der Waals surface area contributed by atoms with E-state index < -0.39 is 0 Å². The Labute approximate surface area is 141 Å². The number of carbonyl (C=O) groups excluding carboxylic acids is 1. The van der Waals surface area contributed by atoms with Gasteiger partial charge in [0.1, 0.15) is 6.04 Å². The van der Waals surface area contributed by atoms with Crippen molar-refractivity contribution in [2.24, 2.45) is 5.92 Å². The number of thiocarbonyl (C=S) groups is 1. The quantitative estimate of drug-likeness (QED) is 0.809. The number of aryl methyl sites for hydroxylation is 1. The highest BCUT2D eigenvalue weighted by molar-refractivity contribution is 7.98. The Bertz CT molecular complexity index is 569. The molecular weight excluding hydrogens is 312 g/mol. The molecule has 0 spiro atoms. The van der Waals surface area contributed by atoms with E-state index >= 15 is 0 Å². The molecule has 1 saturated carbocycles. The summed E-state index contributed by atoms with van der Waals surface area (Å²) >= 11 is 7.25. The lowest BCUT2D eigenvalue weighted by atomic mass is 9.99. The van der Waals surface area contributed by atoms with Crippen LogP contribution < -0.4 is 5.32 Å². The lowest BCUT2D eigenvalue weighted by Gasteiger charge is -2.27. The Morgan fingerprint density at radius 1 is 1.36 bits per heavy atom. The van der Waals surface area contributed by atoms with E-state index in [1.807, 2.05) is 4.90 Å². The molecular formula is C17H22N2OS2. The highest BCUT2D eigenvalue weighted by Gasteiger charge is 2.45. The van der Waals surface area contributed by atoms with Gasteiger partial charge in [-0.25, -0.2) is 0 Å². The molecule has 22 heavy (non-hydrogen) atoms. The van der Waals surface area contributed by atoms with Gasteiger partial charge in [-0.15, -0.1) is 0 Å². The first-order valence-electron chi connectivity index (χ1n) is 7.81. The molecule has 0 aromatic heterocycles. The molecule has 1 aliphatic heterocycles. The molecule has 3 rings (SSSR count). The standard InChI is InChI=1S/C17H22N2OS2/c1-11-3-5-12(6-4-11)15(13-7-8-13)19-16(20)14(9-10-22-2)18-17(19)21/h3-6,13-15H,7-10H2,1-2H3,(H,18,21)/t14-,15+/m1/s1. The molecule has 1 aromatic rings. The monoisotopic (exact) mass is 334 g/mol. The molecule has 1 aliphatic carbocycles. The van der Waals surface area contributed by atoms with Crippen LogP contribution in [-0.2, 0) is 4.79 Å². The van der Waals surface area contributed by atoms with Crippen molar-refractivity contribution in [2.75, 3.05) is 12.0 Å². The summed E-state index contributed by atoms with van der Waals surface area (Å²) in [6, 6.07) is 8.48. The van der Waals surface area contributed by atoms with E-state index in [2.05, 4.69) is 42.8 Å². The summed E-state index contributed by atoms with van der Waals surface area (Å²) in [7, 11) is 0. The topological polar surface area (TPSA) is 32.3 Å². The molecule has 2 atom stereocenters. The normalized spacial score (nSPS) is 22.8. The zero-order chi connectivity index (χ0) is 15.7. The van der Waals surface area contributed by atoms with Crippen LogP contribution in [0.2, 0.25) is 0 Å². The Kier molecular flexibility index (Phi) is 4.73. The molecule has 1 amide bonds. The number of carbonyl (C=O) groups is 1. The van der Waals surface area contributed by atoms with Crippen molar-refractivity contribution in [1.29, 1.82) is 0 Å². The summed E-state index contributed by atoms with van der Waals surface area (Å²) in [4.78, 5) is 14.7. The van der Waals surface area contributed by atoms with Crippen LogP contribution >= 0.6 is 24.0 Å². The molecule has 0 bridgehead atoms. The zero-order valence-electron chi connectivity index (χ0n) is 13.0. The van der Waals surface area contributed by atoms with Crippen molar-refractivity contribution >= 4 is 35.0 Å². The van der Waals surface area contributed by atoms with E-state index in [9.17, 15) is 4.79 Å². The van der Waals surface area contributed by atoms with Gasteiger partial charge in [-0.2, -0.15) is 11.8 Å². The number of nitrogens with zero attached hydrogens (tertiary/aromatic N) is 1. The summed E-state index contributed by atoms with van der Waals surface area (Å²) in [6.07, 6.45) is 5.26. The van der Waals surface area contributed by atoms with Gasteiger partial charge in [0.05, 0.1) is 6.04 Å². The number of rotatable bonds is 6. The fraction of sp³-hybridized carbons (Fsp3) is 0.529. The van der Waals surface area contributed by atoms with Gasteiger partial charge in [-0.1, -0.05) is 29.8 Å². The summed E-state index contributed by atoms with van der Waals surface area (Å²) in [5, 5.41) is 3.83. The van der Waals surface area contributed by atoms with Crippen molar-refractivity contribution in [3.8, 4) is 0 Å². The highest BCUT2D eigenvalue weighted by atomic mass is 32.2. The third kappa shape index (κ3) is 3.15. The lowest BCUT2D eigenvalue weighted by molar-refractivity contribution is -0.129. The van der Waals surface area contributed by atoms with Crippen LogP contribution in [0.4, 0.5) is 0 Å². The number of nitrogens with one attached hydrogen (secondary N) is 1. The van der Waals surface area contributed by atoms with Crippen molar-refractivity contribution in [3.05, 3.63) is 35.4 Å². The maximum Gasteiger partial charge on any atom is 0.251 e. The van der Waals surface area contributed by atoms with Gasteiger partial charge in [-0.05, 0) is 61.9 Å². The summed E-state index contributed by atoms with van der Waals surface area (Å²) < 4.78 is 0. The van der Waals surface area contributed by atoms with Crippen molar-refractivity contribution < 1.29 is 4.79 Å². The lowest BCUT2D eigenvalue weighted by Crippen LogP contribution is -2.36. The average Bonchev–Trinajstić information content (AvgIpc) is 3.29. The van der Waals surface area contributed by atoms with E-state index in [0.29, 0.717) is 11.0 Å². The molecule has 118 valence electrons. The van der Waals surface area contributed by atoms with E-state index in [4.69, 9.17) is 12.2 Å². The maximum absolute atomic E-state index is 12.8. The largest absolute Gasteiger partial charge is 0.350 e. The molecule has 2 aliphatic rings. The SMILES string of the molecule is CSCC[C@H]1NC(=S)N([C@@H](c2ccc(C)cc2)C2CC2)C1=O. The number of hydrogen-bond donors (Lipinski definition) is 1. The summed E-state index contributed by atoms with van der Waals surface area (Å²) in [6.45, 7) is 2.08. The second-order valence-corrected chi connectivity index (χ2v) is 7.56. The number of hydrogen-bond acceptors (Lipinski definition) is 3. The number of amides is 1. The van der Waals surface area contributed by atoms with Crippen molar-refractivity contribution in [1.82, 2.24) is 10.2 Å². The Balaban J connectivity index is 1.84. The predicted octanol–water partition coefficient (Wildman–Crippen LogP) is 3.28. The zero-order valence-corrected chi connectivity index (χ0v) is 14.7. The fourth-order valence-corrected chi connectivity index (χ4v) is 3.87. The minimum Gasteiger partial charge on any atom is -0.350 e. The Hall–Kier alpha value is -1.07. The minimum atomic E-state index is -0.147. The smallest absolute Gasteiger partial charge is 0.251 e. The van der Waals surface area contributed by atoms with Gasteiger partial charge in [0, 0.05) is 0 Å². The first-order chi connectivity index (χ1) is 10.6. The number of benzene rings is 1. The van der Waals surface area contributed by atoms with Crippen LogP contribution in [0.3, 0.4) is 0 Å². The summed E-state index contributed by atoms with van der Waals surface area (Å²) in [5.74, 6) is 1.67. The summed E-state index contributed by atoms with van der Waals surface area (Å²) in [5.41, 5.74) is 2.45. The second kappa shape index (κ2) is 6.59. The molecule has 0 unspecified atom stereocenters. The van der Waals surface area contributed by atoms with Gasteiger partial charge in [-0.3, -0.25) is 9.69 Å². The van der Waals surface area contributed by atoms with Crippen LogP contribution in [0.1, 0.15) is 36.4 Å². The predicted molar refractivity (Wildman–Crippen MR) is 96.0 cm³/mol. The second-order valence-electron chi connectivity index (χ2n) is 6.18. The fourth-order valence-electron chi connectivity index (χ4n) is 3.05. The molecule has 1 heterocycles. The van der Waals surface area contributed by atoms with E-state index in [1.165, 1.54) is 24.0 Å². The molecule has 0 radical (unpaired) electrons. The van der Waals surface area contributed by atoms with Crippen LogP contribution in [0, 0.1) is 12.8 Å². The van der Waals surface area contributed by atoms with E-state index in [-0.39, 0.29) is 18.0 Å². The highest BCUT2D eigenvalue weighted by Crippen LogP contribution is 2.45. The molecule has 5 heteroatoms. The van der Waals surface area contributed by atoms with Crippen LogP contribution in [-0.4, -0.2) is 34.0 Å². The molecule has 2 fully saturated rings.